The summed E-state index contributed by atoms with van der Waals surface area (Å²) >= 11 is 6.13. The normalized spacial score (nSPS) is 12.1. The Hall–Kier alpha value is -1.37. The highest BCUT2D eigenvalue weighted by Crippen LogP contribution is 2.33. The molecule has 0 bridgehead atoms. The molecule has 0 radical (unpaired) electrons. The molecule has 0 N–H and O–H groups in total. The average molecular weight is 447 g/mol. The molecule has 0 aliphatic rings. The molecule has 0 saturated heterocycles. The summed E-state index contributed by atoms with van der Waals surface area (Å²) in [7, 11) is -2.27. The number of benzene rings is 2. The zero-order valence-electron chi connectivity index (χ0n) is 18.3. The van der Waals surface area contributed by atoms with E-state index < -0.39 is 7.80 Å². The minimum Gasteiger partial charge on any atom is -0.318 e. The SMILES string of the molecule is Cc1cccc(Cl)c1C(=O)[PH](=O)CCCCCCCCCCCCc1ccccc1. The van der Waals surface area contributed by atoms with Gasteiger partial charge in [0.25, 0.3) is 0 Å². The maximum absolute atomic E-state index is 12.4. The van der Waals surface area contributed by atoms with Crippen molar-refractivity contribution in [2.45, 2.75) is 77.6 Å². The lowest BCUT2D eigenvalue weighted by molar-refractivity contribution is 0.107. The van der Waals surface area contributed by atoms with Crippen LogP contribution in [0.2, 0.25) is 5.02 Å². The van der Waals surface area contributed by atoms with Gasteiger partial charge < -0.3 is 4.57 Å². The third kappa shape index (κ3) is 9.19. The van der Waals surface area contributed by atoms with E-state index in [-0.39, 0.29) is 5.52 Å². The molecule has 0 amide bonds. The van der Waals surface area contributed by atoms with Gasteiger partial charge >= 0.3 is 0 Å². The van der Waals surface area contributed by atoms with E-state index in [0.29, 0.717) is 16.7 Å². The highest BCUT2D eigenvalue weighted by Gasteiger charge is 2.18. The summed E-state index contributed by atoms with van der Waals surface area (Å²) in [6, 6.07) is 16.1. The van der Waals surface area contributed by atoms with Gasteiger partial charge in [-0.15, -0.1) is 0 Å². The van der Waals surface area contributed by atoms with Gasteiger partial charge in [0.15, 0.2) is 0 Å². The van der Waals surface area contributed by atoms with Crippen molar-refractivity contribution in [3.8, 4) is 0 Å². The molecule has 164 valence electrons. The van der Waals surface area contributed by atoms with Crippen LogP contribution in [-0.2, 0) is 11.0 Å². The molecule has 0 spiro atoms. The predicted octanol–water partition coefficient (Wildman–Crippen LogP) is 8.49. The molecular formula is C26H36ClO2P. The zero-order chi connectivity index (χ0) is 21.6. The van der Waals surface area contributed by atoms with Crippen molar-refractivity contribution in [2.75, 3.05) is 6.16 Å². The summed E-state index contributed by atoms with van der Waals surface area (Å²) in [5, 5.41) is 0.415. The number of aryl methyl sites for hydroxylation is 2. The molecule has 2 aromatic carbocycles. The molecular weight excluding hydrogens is 411 g/mol. The van der Waals surface area contributed by atoms with Crippen molar-refractivity contribution in [2.24, 2.45) is 0 Å². The maximum Gasteiger partial charge on any atom is 0.220 e. The summed E-state index contributed by atoms with van der Waals surface area (Å²) in [5.41, 5.74) is 2.46. The first-order valence-corrected chi connectivity index (χ1v) is 13.5. The average Bonchev–Trinajstić information content (AvgIpc) is 2.74. The van der Waals surface area contributed by atoms with Gasteiger partial charge in [-0.05, 0) is 43.4 Å². The first kappa shape index (κ1) is 24.9. The summed E-state index contributed by atoms with van der Waals surface area (Å²) in [4.78, 5) is 12.4. The Balaban J connectivity index is 1.44. The fraction of sp³-hybridized carbons (Fsp3) is 0.500. The van der Waals surface area contributed by atoms with Gasteiger partial charge in [-0.3, -0.25) is 4.79 Å². The quantitative estimate of drug-likeness (QED) is 0.203. The van der Waals surface area contributed by atoms with E-state index >= 15 is 0 Å². The Bertz CT molecular complexity index is 769. The summed E-state index contributed by atoms with van der Waals surface area (Å²) in [6.07, 6.45) is 13.9. The summed E-state index contributed by atoms with van der Waals surface area (Å²) < 4.78 is 12.4. The fourth-order valence-corrected chi connectivity index (χ4v) is 5.64. The van der Waals surface area contributed by atoms with Crippen LogP contribution in [0.25, 0.3) is 0 Å². The van der Waals surface area contributed by atoms with Crippen LogP contribution >= 0.6 is 19.4 Å². The molecule has 2 rings (SSSR count). The van der Waals surface area contributed by atoms with Crippen LogP contribution in [0.5, 0.6) is 0 Å². The first-order valence-electron chi connectivity index (χ1n) is 11.5. The number of unbranched alkanes of at least 4 members (excludes halogenated alkanes) is 9. The van der Waals surface area contributed by atoms with Crippen LogP contribution in [0.3, 0.4) is 0 Å². The standard InChI is InChI=1S/C26H36ClO2P/c1-22-16-15-20-24(27)25(22)26(28)30(29)21-14-9-7-5-3-2-4-6-8-11-17-23-18-12-10-13-19-23/h10,12-13,15-16,18-20,30H,2-9,11,14,17,21H2,1H3. The van der Waals surface area contributed by atoms with Crippen molar-refractivity contribution in [1.82, 2.24) is 0 Å². The highest BCUT2D eigenvalue weighted by atomic mass is 35.5. The molecule has 2 nitrogen and oxygen atoms in total. The van der Waals surface area contributed by atoms with Crippen LogP contribution < -0.4 is 0 Å². The van der Waals surface area contributed by atoms with Gasteiger partial charge in [0.05, 0.1) is 5.02 Å². The Morgan fingerprint density at radius 2 is 1.33 bits per heavy atom. The Kier molecular flexibility index (Phi) is 12.1. The molecule has 0 fully saturated rings. The van der Waals surface area contributed by atoms with E-state index in [0.717, 1.165) is 18.4 Å². The van der Waals surface area contributed by atoms with Crippen LogP contribution in [0.4, 0.5) is 0 Å². The van der Waals surface area contributed by atoms with Crippen molar-refractivity contribution < 1.29 is 9.36 Å². The number of halogens is 1. The lowest BCUT2D eigenvalue weighted by atomic mass is 10.0. The second kappa shape index (κ2) is 14.6. The minimum absolute atomic E-state index is 0.254. The van der Waals surface area contributed by atoms with Gasteiger partial charge in [-0.2, -0.15) is 0 Å². The molecule has 1 unspecified atom stereocenters. The van der Waals surface area contributed by atoms with E-state index in [1.54, 1.807) is 6.07 Å². The first-order chi connectivity index (χ1) is 14.6. The second-order valence-electron chi connectivity index (χ2n) is 8.21. The smallest absolute Gasteiger partial charge is 0.220 e. The number of carbonyl (C=O) groups excluding carboxylic acids is 1. The van der Waals surface area contributed by atoms with E-state index in [4.69, 9.17) is 11.6 Å². The molecule has 4 heteroatoms. The van der Waals surface area contributed by atoms with Crippen LogP contribution in [0.15, 0.2) is 48.5 Å². The molecule has 0 aromatic heterocycles. The van der Waals surface area contributed by atoms with Gasteiger partial charge in [-0.25, -0.2) is 0 Å². The third-order valence-electron chi connectivity index (χ3n) is 5.66. The van der Waals surface area contributed by atoms with Crippen molar-refractivity contribution in [3.63, 3.8) is 0 Å². The Morgan fingerprint density at radius 1 is 0.767 bits per heavy atom. The summed E-state index contributed by atoms with van der Waals surface area (Å²) in [6.45, 7) is 1.84. The van der Waals surface area contributed by atoms with Gasteiger partial charge in [0, 0.05) is 11.7 Å². The van der Waals surface area contributed by atoms with Crippen molar-refractivity contribution in [1.29, 1.82) is 0 Å². The minimum atomic E-state index is -2.27. The Morgan fingerprint density at radius 3 is 1.93 bits per heavy atom. The van der Waals surface area contributed by atoms with E-state index in [9.17, 15) is 9.36 Å². The monoisotopic (exact) mass is 446 g/mol. The van der Waals surface area contributed by atoms with Crippen LogP contribution in [0.1, 0.15) is 85.7 Å². The predicted molar refractivity (Wildman–Crippen MR) is 131 cm³/mol. The lowest BCUT2D eigenvalue weighted by Gasteiger charge is -2.07. The van der Waals surface area contributed by atoms with Crippen LogP contribution in [-0.4, -0.2) is 11.7 Å². The second-order valence-corrected chi connectivity index (χ2v) is 10.4. The van der Waals surface area contributed by atoms with Crippen LogP contribution in [0, 0.1) is 6.92 Å². The molecule has 0 saturated carbocycles. The molecule has 2 aromatic rings. The van der Waals surface area contributed by atoms with Gasteiger partial charge in [0.2, 0.25) is 5.52 Å². The van der Waals surface area contributed by atoms with E-state index in [1.807, 2.05) is 19.1 Å². The number of hydrogen-bond acceptors (Lipinski definition) is 2. The number of rotatable bonds is 15. The van der Waals surface area contributed by atoms with E-state index in [2.05, 4.69) is 30.3 Å². The lowest BCUT2D eigenvalue weighted by Crippen LogP contribution is -2.00. The number of carbonyl (C=O) groups is 1. The maximum atomic E-state index is 12.4. The fourth-order valence-electron chi connectivity index (χ4n) is 3.85. The van der Waals surface area contributed by atoms with Gasteiger partial charge in [-0.1, -0.05) is 105 Å². The molecule has 0 aliphatic carbocycles. The van der Waals surface area contributed by atoms with Crippen molar-refractivity contribution in [3.05, 3.63) is 70.2 Å². The van der Waals surface area contributed by atoms with Gasteiger partial charge in [0.1, 0.15) is 7.80 Å². The summed E-state index contributed by atoms with van der Waals surface area (Å²) in [5.74, 6) is 0. The largest absolute Gasteiger partial charge is 0.318 e. The van der Waals surface area contributed by atoms with E-state index in [1.165, 1.54) is 63.4 Å². The zero-order valence-corrected chi connectivity index (χ0v) is 20.1. The highest BCUT2D eigenvalue weighted by molar-refractivity contribution is 7.64. The molecule has 0 aliphatic heterocycles. The molecule has 30 heavy (non-hydrogen) atoms. The van der Waals surface area contributed by atoms with Crippen molar-refractivity contribution >= 4 is 24.9 Å². The number of hydrogen-bond donors (Lipinski definition) is 0. The molecule has 1 atom stereocenters. The topological polar surface area (TPSA) is 34.1 Å². The molecule has 0 heterocycles. The third-order valence-corrected chi connectivity index (χ3v) is 7.54. The Labute approximate surface area is 188 Å².